The third-order valence-corrected chi connectivity index (χ3v) is 7.38. The van der Waals surface area contributed by atoms with Crippen LogP contribution in [0.4, 0.5) is 5.69 Å². The van der Waals surface area contributed by atoms with Crippen LogP contribution in [0, 0.1) is 16.0 Å². The molecule has 0 radical (unpaired) electrons. The molecule has 1 atom stereocenters. The van der Waals surface area contributed by atoms with E-state index >= 15 is 0 Å². The lowest BCUT2D eigenvalue weighted by Crippen LogP contribution is -2.51. The first kappa shape index (κ1) is 29.4. The largest absolute Gasteiger partial charge is 0.354 e. The summed E-state index contributed by atoms with van der Waals surface area (Å²) in [5.41, 5.74) is 2.83. The molecule has 0 aliphatic rings. The Kier molecular flexibility index (Phi) is 11.4. The number of rotatable bonds is 13. The van der Waals surface area contributed by atoms with E-state index in [1.165, 1.54) is 23.9 Å². The smallest absolute Gasteiger partial charge is 0.269 e. The summed E-state index contributed by atoms with van der Waals surface area (Å²) in [4.78, 5) is 39.2. The van der Waals surface area contributed by atoms with Gasteiger partial charge in [-0.3, -0.25) is 19.7 Å². The topological polar surface area (TPSA) is 92.6 Å². The molecule has 3 aromatic rings. The van der Waals surface area contributed by atoms with Gasteiger partial charge in [-0.25, -0.2) is 0 Å². The molecule has 0 unspecified atom stereocenters. The Hall–Kier alpha value is -3.17. The van der Waals surface area contributed by atoms with Gasteiger partial charge in [0, 0.05) is 41.9 Å². The Morgan fingerprint density at radius 3 is 2.18 bits per heavy atom. The molecule has 0 aliphatic heterocycles. The maximum absolute atomic E-state index is 13.6. The maximum atomic E-state index is 13.6. The summed E-state index contributed by atoms with van der Waals surface area (Å²) >= 11 is 4.88. The van der Waals surface area contributed by atoms with Crippen molar-refractivity contribution in [3.05, 3.63) is 110 Å². The van der Waals surface area contributed by atoms with Crippen LogP contribution in [0.1, 0.15) is 30.5 Å². The van der Waals surface area contributed by atoms with E-state index < -0.39 is 11.0 Å². The second-order valence-electron chi connectivity index (χ2n) is 9.41. The van der Waals surface area contributed by atoms with Crippen molar-refractivity contribution in [2.45, 2.75) is 38.6 Å². The number of amides is 2. The Balaban J connectivity index is 1.81. The third kappa shape index (κ3) is 9.29. The number of hydrogen-bond donors (Lipinski definition) is 1. The first-order chi connectivity index (χ1) is 18.2. The number of nitrogens with zero attached hydrogens (tertiary/aromatic N) is 2. The van der Waals surface area contributed by atoms with Gasteiger partial charge in [-0.15, -0.1) is 11.8 Å². The molecule has 0 saturated carbocycles. The fourth-order valence-corrected chi connectivity index (χ4v) is 4.95. The van der Waals surface area contributed by atoms with Crippen LogP contribution in [0.25, 0.3) is 0 Å². The van der Waals surface area contributed by atoms with E-state index in [0.717, 1.165) is 21.2 Å². The summed E-state index contributed by atoms with van der Waals surface area (Å²) in [5, 5.41) is 13.9. The third-order valence-electron chi connectivity index (χ3n) is 5.86. The average molecular weight is 599 g/mol. The Bertz CT molecular complexity index is 1200. The van der Waals surface area contributed by atoms with E-state index in [2.05, 4.69) is 21.2 Å². The van der Waals surface area contributed by atoms with Crippen LogP contribution in [0.5, 0.6) is 0 Å². The van der Waals surface area contributed by atoms with Crippen LogP contribution in [-0.2, 0) is 28.3 Å². The predicted molar refractivity (Wildman–Crippen MR) is 156 cm³/mol. The van der Waals surface area contributed by atoms with E-state index in [9.17, 15) is 19.7 Å². The van der Waals surface area contributed by atoms with Gasteiger partial charge in [0.15, 0.2) is 0 Å². The second kappa shape index (κ2) is 14.7. The standard InChI is InChI=1S/C29H32BrN3O4S/c1-21(2)17-31-29(35)27(16-22-6-4-3-5-7-22)32(18-23-8-12-25(30)13-9-23)28(34)20-38-19-24-10-14-26(15-11-24)33(36)37/h3-15,21,27H,16-20H2,1-2H3,(H,31,35)/t27-/m1/s1. The Morgan fingerprint density at radius 2 is 1.58 bits per heavy atom. The zero-order valence-electron chi connectivity index (χ0n) is 21.5. The van der Waals surface area contributed by atoms with Gasteiger partial charge in [0.25, 0.3) is 5.69 Å². The van der Waals surface area contributed by atoms with Gasteiger partial charge < -0.3 is 10.2 Å². The van der Waals surface area contributed by atoms with Crippen LogP contribution < -0.4 is 5.32 Å². The predicted octanol–water partition coefficient (Wildman–Crippen LogP) is 6.00. The molecule has 38 heavy (non-hydrogen) atoms. The maximum Gasteiger partial charge on any atom is 0.269 e. The first-order valence-corrected chi connectivity index (χ1v) is 14.3. The van der Waals surface area contributed by atoms with Gasteiger partial charge in [0.1, 0.15) is 6.04 Å². The zero-order valence-corrected chi connectivity index (χ0v) is 23.9. The lowest BCUT2D eigenvalue weighted by atomic mass is 10.0. The van der Waals surface area contributed by atoms with Crippen LogP contribution in [0.2, 0.25) is 0 Å². The number of non-ortho nitro benzene ring substituents is 1. The number of carbonyl (C=O) groups is 2. The zero-order chi connectivity index (χ0) is 27.5. The summed E-state index contributed by atoms with van der Waals surface area (Å²) in [6.45, 7) is 4.90. The Morgan fingerprint density at radius 1 is 0.947 bits per heavy atom. The fraction of sp³-hybridized carbons (Fsp3) is 0.310. The highest BCUT2D eigenvalue weighted by Gasteiger charge is 2.30. The lowest BCUT2D eigenvalue weighted by molar-refractivity contribution is -0.384. The van der Waals surface area contributed by atoms with E-state index in [0.29, 0.717) is 25.3 Å². The molecule has 3 aromatic carbocycles. The molecule has 0 saturated heterocycles. The molecule has 0 aliphatic carbocycles. The van der Waals surface area contributed by atoms with Crippen molar-refractivity contribution in [2.24, 2.45) is 5.92 Å². The number of hydrogen-bond acceptors (Lipinski definition) is 5. The van der Waals surface area contributed by atoms with Crippen LogP contribution in [0.15, 0.2) is 83.3 Å². The van der Waals surface area contributed by atoms with Crippen LogP contribution in [0.3, 0.4) is 0 Å². The summed E-state index contributed by atoms with van der Waals surface area (Å²) in [5.74, 6) is 0.674. The second-order valence-corrected chi connectivity index (χ2v) is 11.3. The molecule has 0 bridgehead atoms. The monoisotopic (exact) mass is 597 g/mol. The van der Waals surface area contributed by atoms with Gasteiger partial charge >= 0.3 is 0 Å². The quantitative estimate of drug-likeness (QED) is 0.192. The van der Waals surface area contributed by atoms with Crippen molar-refractivity contribution in [3.8, 4) is 0 Å². The van der Waals surface area contributed by atoms with E-state index in [-0.39, 0.29) is 29.2 Å². The van der Waals surface area contributed by atoms with Crippen LogP contribution in [-0.4, -0.2) is 40.0 Å². The molecule has 0 heterocycles. The molecular weight excluding hydrogens is 566 g/mol. The minimum Gasteiger partial charge on any atom is -0.354 e. The first-order valence-electron chi connectivity index (χ1n) is 12.4. The van der Waals surface area contributed by atoms with E-state index in [1.807, 2.05) is 68.4 Å². The molecule has 0 fully saturated rings. The summed E-state index contributed by atoms with van der Waals surface area (Å²) in [6, 6.07) is 23.1. The van der Waals surface area contributed by atoms with Gasteiger partial charge in [0.2, 0.25) is 11.8 Å². The number of halogens is 1. The molecule has 2 amide bonds. The normalized spacial score (nSPS) is 11.7. The molecule has 7 nitrogen and oxygen atoms in total. The molecule has 0 spiro atoms. The van der Waals surface area contributed by atoms with Crippen molar-refractivity contribution in [1.29, 1.82) is 0 Å². The van der Waals surface area contributed by atoms with Crippen molar-refractivity contribution in [1.82, 2.24) is 10.2 Å². The number of nitro groups is 1. The summed E-state index contributed by atoms with van der Waals surface area (Å²) in [7, 11) is 0. The minimum absolute atomic E-state index is 0.0339. The fourth-order valence-electron chi connectivity index (χ4n) is 3.82. The number of nitro benzene ring substituents is 1. The molecule has 3 rings (SSSR count). The number of benzene rings is 3. The summed E-state index contributed by atoms with van der Waals surface area (Å²) < 4.78 is 0.938. The van der Waals surface area contributed by atoms with Gasteiger partial charge in [-0.2, -0.15) is 0 Å². The molecular formula is C29H32BrN3O4S. The average Bonchev–Trinajstić information content (AvgIpc) is 2.91. The highest BCUT2D eigenvalue weighted by atomic mass is 79.9. The van der Waals surface area contributed by atoms with Crippen LogP contribution >= 0.6 is 27.7 Å². The minimum atomic E-state index is -0.674. The lowest BCUT2D eigenvalue weighted by Gasteiger charge is -2.32. The molecule has 200 valence electrons. The highest BCUT2D eigenvalue weighted by molar-refractivity contribution is 9.10. The summed E-state index contributed by atoms with van der Waals surface area (Å²) in [6.07, 6.45) is 0.403. The van der Waals surface area contributed by atoms with Crippen molar-refractivity contribution < 1.29 is 14.5 Å². The highest BCUT2D eigenvalue weighted by Crippen LogP contribution is 2.21. The molecule has 1 N–H and O–H groups in total. The Labute approximate surface area is 236 Å². The van der Waals surface area contributed by atoms with Gasteiger partial charge in [0.05, 0.1) is 10.7 Å². The number of thioether (sulfide) groups is 1. The van der Waals surface area contributed by atoms with Crippen molar-refractivity contribution in [3.63, 3.8) is 0 Å². The number of carbonyl (C=O) groups excluding carboxylic acids is 2. The number of nitrogens with one attached hydrogen (secondary N) is 1. The van der Waals surface area contributed by atoms with E-state index in [4.69, 9.17) is 0 Å². The van der Waals surface area contributed by atoms with Gasteiger partial charge in [-0.05, 0) is 34.7 Å². The molecule has 0 aromatic heterocycles. The molecule has 9 heteroatoms. The van der Waals surface area contributed by atoms with Gasteiger partial charge in [-0.1, -0.05) is 84.4 Å². The van der Waals surface area contributed by atoms with E-state index in [1.54, 1.807) is 17.0 Å². The van der Waals surface area contributed by atoms with Crippen molar-refractivity contribution >= 4 is 45.2 Å². The van der Waals surface area contributed by atoms with Crippen molar-refractivity contribution in [2.75, 3.05) is 12.3 Å². The SMILES string of the molecule is CC(C)CNC(=O)[C@@H](Cc1ccccc1)N(Cc1ccc(Br)cc1)C(=O)CSCc1ccc([N+](=O)[O-])cc1.